The molecule has 0 spiro atoms. The summed E-state index contributed by atoms with van der Waals surface area (Å²) in [5.41, 5.74) is 3.68. The molecule has 1 aliphatic heterocycles. The molecule has 1 aliphatic carbocycles. The van der Waals surface area contributed by atoms with Crippen LogP contribution in [0.1, 0.15) is 88.4 Å². The molecule has 2 amide bonds. The Balaban J connectivity index is 1.60. The Morgan fingerprint density at radius 3 is 2.27 bits per heavy atom. The molecule has 1 aromatic heterocycles. The highest BCUT2D eigenvalue weighted by Crippen LogP contribution is 2.39. The highest BCUT2D eigenvalue weighted by atomic mass is 32.1. The van der Waals surface area contributed by atoms with Gasteiger partial charge in [-0.25, -0.2) is 0 Å². The Bertz CT molecular complexity index is 1010. The number of hydrogen-bond donors (Lipinski definition) is 0. The van der Waals surface area contributed by atoms with Gasteiger partial charge in [0.25, 0.3) is 0 Å². The SMILES string of the molecule is CC(C)(C)CC(=O)N(CC(=O)N1CCc2sccc2C1c1ccc(C(C)(C)C)cc1)C1CC1. The number of amides is 2. The number of nitrogens with zero attached hydrogens (tertiary/aromatic N) is 2. The number of fused-ring (bicyclic) bond motifs is 1. The van der Waals surface area contributed by atoms with Gasteiger partial charge >= 0.3 is 0 Å². The molecule has 2 heterocycles. The van der Waals surface area contributed by atoms with Gasteiger partial charge in [0, 0.05) is 23.9 Å². The lowest BCUT2D eigenvalue weighted by molar-refractivity contribution is -0.143. The molecular weight excluding hydrogens is 428 g/mol. The fraction of sp³-hybridized carbons (Fsp3) is 0.571. The van der Waals surface area contributed by atoms with Crippen LogP contribution in [0.15, 0.2) is 35.7 Å². The molecule has 1 saturated carbocycles. The van der Waals surface area contributed by atoms with Crippen molar-refractivity contribution in [2.75, 3.05) is 13.1 Å². The zero-order chi connectivity index (χ0) is 24.0. The molecule has 1 fully saturated rings. The van der Waals surface area contributed by atoms with E-state index in [9.17, 15) is 9.59 Å². The van der Waals surface area contributed by atoms with Gasteiger partial charge in [-0.15, -0.1) is 11.3 Å². The molecule has 0 bridgehead atoms. The number of carbonyl (C=O) groups excluding carboxylic acids is 2. The molecule has 4 rings (SSSR count). The zero-order valence-corrected chi connectivity index (χ0v) is 21.8. The monoisotopic (exact) mass is 466 g/mol. The van der Waals surface area contributed by atoms with Crippen LogP contribution in [-0.4, -0.2) is 40.7 Å². The van der Waals surface area contributed by atoms with E-state index in [1.54, 1.807) is 11.3 Å². The van der Waals surface area contributed by atoms with Crippen LogP contribution in [0.25, 0.3) is 0 Å². The van der Waals surface area contributed by atoms with Crippen LogP contribution >= 0.6 is 11.3 Å². The van der Waals surface area contributed by atoms with Gasteiger partial charge in [0.1, 0.15) is 6.54 Å². The molecule has 178 valence electrons. The predicted molar refractivity (Wildman–Crippen MR) is 136 cm³/mol. The second-order valence-electron chi connectivity index (χ2n) is 11.9. The molecular formula is C28H38N2O2S. The third kappa shape index (κ3) is 5.51. The Labute approximate surface area is 203 Å². The highest BCUT2D eigenvalue weighted by molar-refractivity contribution is 7.10. The first-order chi connectivity index (χ1) is 15.4. The van der Waals surface area contributed by atoms with Crippen LogP contribution in [0.5, 0.6) is 0 Å². The van der Waals surface area contributed by atoms with Crippen molar-refractivity contribution in [2.45, 2.75) is 84.7 Å². The maximum atomic E-state index is 13.7. The van der Waals surface area contributed by atoms with Crippen molar-refractivity contribution >= 4 is 23.2 Å². The minimum absolute atomic E-state index is 0.0610. The summed E-state index contributed by atoms with van der Waals surface area (Å²) in [6.07, 6.45) is 3.38. The molecule has 0 radical (unpaired) electrons. The molecule has 2 aromatic rings. The van der Waals surface area contributed by atoms with Crippen LogP contribution in [0, 0.1) is 5.41 Å². The summed E-state index contributed by atoms with van der Waals surface area (Å²) in [4.78, 5) is 32.0. The van der Waals surface area contributed by atoms with E-state index >= 15 is 0 Å². The number of benzene rings is 1. The third-order valence-electron chi connectivity index (χ3n) is 6.67. The average Bonchev–Trinajstić information content (AvgIpc) is 3.45. The molecule has 0 saturated heterocycles. The van der Waals surface area contributed by atoms with Gasteiger partial charge in [-0.3, -0.25) is 9.59 Å². The largest absolute Gasteiger partial charge is 0.330 e. The quantitative estimate of drug-likeness (QED) is 0.547. The maximum absolute atomic E-state index is 13.7. The summed E-state index contributed by atoms with van der Waals surface area (Å²) in [5.74, 6) is 0.170. The van der Waals surface area contributed by atoms with E-state index in [1.807, 2.05) is 9.80 Å². The number of thiophene rings is 1. The molecule has 33 heavy (non-hydrogen) atoms. The summed E-state index contributed by atoms with van der Waals surface area (Å²) in [7, 11) is 0. The fourth-order valence-electron chi connectivity index (χ4n) is 4.71. The normalized spacial score (nSPS) is 18.7. The van der Waals surface area contributed by atoms with Crippen molar-refractivity contribution in [3.63, 3.8) is 0 Å². The van der Waals surface area contributed by atoms with Gasteiger partial charge < -0.3 is 9.80 Å². The predicted octanol–water partition coefficient (Wildman–Crippen LogP) is 5.95. The number of hydrogen-bond acceptors (Lipinski definition) is 3. The van der Waals surface area contributed by atoms with Crippen molar-refractivity contribution in [1.82, 2.24) is 9.80 Å². The Morgan fingerprint density at radius 2 is 1.70 bits per heavy atom. The van der Waals surface area contributed by atoms with Crippen molar-refractivity contribution in [3.05, 3.63) is 57.3 Å². The first-order valence-corrected chi connectivity index (χ1v) is 13.1. The molecule has 1 unspecified atom stereocenters. The minimum Gasteiger partial charge on any atom is -0.330 e. The average molecular weight is 467 g/mol. The van der Waals surface area contributed by atoms with Gasteiger partial charge in [0.15, 0.2) is 0 Å². The zero-order valence-electron chi connectivity index (χ0n) is 21.0. The lowest BCUT2D eigenvalue weighted by Gasteiger charge is -2.38. The molecule has 5 heteroatoms. The van der Waals surface area contributed by atoms with Crippen LogP contribution in [0.4, 0.5) is 0 Å². The van der Waals surface area contributed by atoms with E-state index in [1.165, 1.54) is 16.0 Å². The molecule has 1 aromatic carbocycles. The van der Waals surface area contributed by atoms with Crippen molar-refractivity contribution in [2.24, 2.45) is 5.41 Å². The number of carbonyl (C=O) groups is 2. The smallest absolute Gasteiger partial charge is 0.243 e. The van der Waals surface area contributed by atoms with Crippen molar-refractivity contribution < 1.29 is 9.59 Å². The van der Waals surface area contributed by atoms with E-state index in [0.717, 1.165) is 24.8 Å². The summed E-state index contributed by atoms with van der Waals surface area (Å²) in [6.45, 7) is 13.8. The summed E-state index contributed by atoms with van der Waals surface area (Å²) >= 11 is 1.78. The van der Waals surface area contributed by atoms with Gasteiger partial charge in [-0.2, -0.15) is 0 Å². The summed E-state index contributed by atoms with van der Waals surface area (Å²) in [5, 5.41) is 2.14. The lowest BCUT2D eigenvalue weighted by atomic mass is 9.85. The molecule has 1 atom stereocenters. The second kappa shape index (κ2) is 8.90. The van der Waals surface area contributed by atoms with Crippen LogP contribution < -0.4 is 0 Å². The summed E-state index contributed by atoms with van der Waals surface area (Å²) in [6, 6.07) is 11.1. The van der Waals surface area contributed by atoms with Crippen LogP contribution in [0.2, 0.25) is 0 Å². The lowest BCUT2D eigenvalue weighted by Crippen LogP contribution is -2.47. The maximum Gasteiger partial charge on any atom is 0.243 e. The Kier molecular flexibility index (Phi) is 6.47. The van der Waals surface area contributed by atoms with Gasteiger partial charge in [0.2, 0.25) is 11.8 Å². The first-order valence-electron chi connectivity index (χ1n) is 12.2. The van der Waals surface area contributed by atoms with E-state index in [-0.39, 0.29) is 41.3 Å². The van der Waals surface area contributed by atoms with Crippen LogP contribution in [-0.2, 0) is 21.4 Å². The van der Waals surface area contributed by atoms with E-state index in [2.05, 4.69) is 77.3 Å². The topological polar surface area (TPSA) is 40.6 Å². The minimum atomic E-state index is -0.0831. The first kappa shape index (κ1) is 24.0. The fourth-order valence-corrected chi connectivity index (χ4v) is 5.61. The third-order valence-corrected chi connectivity index (χ3v) is 7.67. The van der Waals surface area contributed by atoms with Crippen molar-refractivity contribution in [3.8, 4) is 0 Å². The van der Waals surface area contributed by atoms with Crippen LogP contribution in [0.3, 0.4) is 0 Å². The Morgan fingerprint density at radius 1 is 1.03 bits per heavy atom. The molecule has 4 nitrogen and oxygen atoms in total. The number of rotatable bonds is 5. The van der Waals surface area contributed by atoms with E-state index in [4.69, 9.17) is 0 Å². The van der Waals surface area contributed by atoms with Gasteiger partial charge in [-0.05, 0) is 58.2 Å². The van der Waals surface area contributed by atoms with Gasteiger partial charge in [0.05, 0.1) is 6.04 Å². The molecule has 2 aliphatic rings. The highest BCUT2D eigenvalue weighted by Gasteiger charge is 2.38. The van der Waals surface area contributed by atoms with E-state index < -0.39 is 0 Å². The summed E-state index contributed by atoms with van der Waals surface area (Å²) < 4.78 is 0. The van der Waals surface area contributed by atoms with Crippen molar-refractivity contribution in [1.29, 1.82) is 0 Å². The second-order valence-corrected chi connectivity index (χ2v) is 12.9. The Hall–Kier alpha value is -2.14. The molecule has 0 N–H and O–H groups in total. The standard InChI is InChI=1S/C28H38N2O2S/c1-27(2,3)17-24(31)30(21-11-12-21)18-25(32)29-15-13-23-22(14-16-33-23)26(29)19-7-9-20(10-8-19)28(4,5)6/h7-10,14,16,21,26H,11-13,15,17-18H2,1-6H3. The van der Waals surface area contributed by atoms with Gasteiger partial charge in [-0.1, -0.05) is 65.8 Å². The van der Waals surface area contributed by atoms with E-state index in [0.29, 0.717) is 13.0 Å².